The number of rotatable bonds is 9. The van der Waals surface area contributed by atoms with Gasteiger partial charge in [-0.15, -0.1) is 4.52 Å². The lowest BCUT2D eigenvalue weighted by atomic mass is 9.90. The Bertz CT molecular complexity index is 1190. The molecule has 0 radical (unpaired) electrons. The van der Waals surface area contributed by atoms with Gasteiger partial charge in [0, 0.05) is 16.5 Å². The minimum atomic E-state index is -2.06. The van der Waals surface area contributed by atoms with E-state index >= 15 is 0 Å². The van der Waals surface area contributed by atoms with Gasteiger partial charge in [-0.2, -0.15) is 0 Å². The molecule has 1 aromatic heterocycles. The molecule has 0 fully saturated rings. The summed E-state index contributed by atoms with van der Waals surface area (Å²) in [5.41, 5.74) is 3.42. The highest BCUT2D eigenvalue weighted by Crippen LogP contribution is 2.39. The Morgan fingerprint density at radius 1 is 1.18 bits per heavy atom. The number of aromatic nitrogens is 1. The van der Waals surface area contributed by atoms with Crippen LogP contribution in [0, 0.1) is 5.82 Å². The summed E-state index contributed by atoms with van der Waals surface area (Å²) in [7, 11) is -0.789. The fourth-order valence-corrected chi connectivity index (χ4v) is 4.20. The summed E-state index contributed by atoms with van der Waals surface area (Å²) in [6, 6.07) is 13.6. The highest BCUT2D eigenvalue weighted by atomic mass is 31.1. The van der Waals surface area contributed by atoms with Crippen molar-refractivity contribution in [3.63, 3.8) is 0 Å². The van der Waals surface area contributed by atoms with E-state index in [0.717, 1.165) is 22.0 Å². The fraction of sp³-hybridized carbons (Fsp3) is 0.280. The third kappa shape index (κ3) is 5.88. The van der Waals surface area contributed by atoms with Crippen molar-refractivity contribution in [3.05, 3.63) is 72.2 Å². The minimum absolute atomic E-state index is 0.0319. The predicted octanol–water partition coefficient (Wildman–Crippen LogP) is 5.82. The number of carbonyl (C=O) groups excluding carboxylic acids is 1. The molecule has 8 heteroatoms. The summed E-state index contributed by atoms with van der Waals surface area (Å²) in [6.45, 7) is 7.92. The predicted molar refractivity (Wildman–Crippen MR) is 126 cm³/mol. The molecular formula is C25H26FNO5P+. The molecule has 0 aliphatic rings. The monoisotopic (exact) mass is 470 g/mol. The Morgan fingerprint density at radius 3 is 2.48 bits per heavy atom. The molecule has 0 spiro atoms. The molecule has 0 aliphatic heterocycles. The summed E-state index contributed by atoms with van der Waals surface area (Å²) in [6.07, 6.45) is -1.72. The molecule has 3 aromatic rings. The first-order valence-electron chi connectivity index (χ1n) is 10.5. The van der Waals surface area contributed by atoms with Crippen LogP contribution < -0.4 is 0 Å². The smallest absolute Gasteiger partial charge is 0.426 e. The number of carbonyl (C=O) groups is 1. The number of benzene rings is 2. The number of hydrogen-bond acceptors (Lipinski definition) is 6. The topological polar surface area (TPSA) is 85.7 Å². The van der Waals surface area contributed by atoms with Crippen molar-refractivity contribution in [2.24, 2.45) is 0 Å². The first kappa shape index (κ1) is 24.6. The van der Waals surface area contributed by atoms with Gasteiger partial charge in [-0.1, -0.05) is 50.8 Å². The number of nitrogens with zero attached hydrogens (tertiary/aromatic N) is 1. The minimum Gasteiger partial charge on any atom is -0.426 e. The Hall–Kier alpha value is -2.99. The van der Waals surface area contributed by atoms with Crippen LogP contribution in [0.2, 0.25) is 0 Å². The van der Waals surface area contributed by atoms with E-state index < -0.39 is 20.1 Å². The molecular weight excluding hydrogens is 444 g/mol. The molecule has 0 aliphatic carbocycles. The molecule has 33 heavy (non-hydrogen) atoms. The van der Waals surface area contributed by atoms with Crippen molar-refractivity contribution in [3.8, 4) is 11.1 Å². The van der Waals surface area contributed by atoms with Crippen molar-refractivity contribution in [2.45, 2.75) is 32.3 Å². The van der Waals surface area contributed by atoms with Gasteiger partial charge in [0.25, 0.3) is 0 Å². The number of pyridine rings is 1. The number of hydrogen-bond donors (Lipinski definition) is 1. The third-order valence-electron chi connectivity index (χ3n) is 5.08. The molecule has 1 N–H and O–H groups in total. The second kappa shape index (κ2) is 10.8. The van der Waals surface area contributed by atoms with E-state index in [9.17, 15) is 18.9 Å². The summed E-state index contributed by atoms with van der Waals surface area (Å²) >= 11 is 0. The first-order valence-corrected chi connectivity index (χ1v) is 11.8. The van der Waals surface area contributed by atoms with Gasteiger partial charge in [0.2, 0.25) is 6.16 Å². The van der Waals surface area contributed by atoms with E-state index in [1.165, 1.54) is 19.2 Å². The van der Waals surface area contributed by atoms with E-state index in [2.05, 4.69) is 11.1 Å². The zero-order chi connectivity index (χ0) is 24.1. The molecule has 0 saturated carbocycles. The van der Waals surface area contributed by atoms with Gasteiger partial charge < -0.3 is 9.84 Å². The van der Waals surface area contributed by atoms with Gasteiger partial charge in [-0.25, -0.2) is 4.39 Å². The van der Waals surface area contributed by atoms with E-state index in [4.69, 9.17) is 9.72 Å². The molecule has 2 aromatic carbocycles. The van der Waals surface area contributed by atoms with E-state index in [1.807, 2.05) is 38.1 Å². The summed E-state index contributed by atoms with van der Waals surface area (Å²) in [5.74, 6) is -1.04. The highest BCUT2D eigenvalue weighted by molar-refractivity contribution is 7.39. The van der Waals surface area contributed by atoms with Gasteiger partial charge in [0.15, 0.2) is 0 Å². The Labute approximate surface area is 192 Å². The van der Waals surface area contributed by atoms with Crippen LogP contribution in [-0.2, 0) is 18.6 Å². The largest absolute Gasteiger partial charge is 0.510 e. The molecule has 0 saturated heterocycles. The number of halogens is 1. The van der Waals surface area contributed by atoms with E-state index in [1.54, 1.807) is 12.1 Å². The maximum absolute atomic E-state index is 13.6. The highest BCUT2D eigenvalue weighted by Gasteiger charge is 2.27. The van der Waals surface area contributed by atoms with Crippen molar-refractivity contribution < 1.29 is 28.1 Å². The molecule has 0 amide bonds. The van der Waals surface area contributed by atoms with Crippen LogP contribution >= 0.6 is 8.03 Å². The number of fused-ring (bicyclic) bond motifs is 1. The number of esters is 1. The quantitative estimate of drug-likeness (QED) is 0.241. The van der Waals surface area contributed by atoms with Crippen LogP contribution in [0.15, 0.2) is 55.1 Å². The number of aliphatic hydroxyl groups excluding tert-OH is 1. The van der Waals surface area contributed by atoms with Crippen molar-refractivity contribution in [2.75, 3.05) is 13.3 Å². The van der Waals surface area contributed by atoms with Crippen LogP contribution in [0.1, 0.15) is 37.4 Å². The molecule has 3 rings (SSSR count). The van der Waals surface area contributed by atoms with E-state index in [-0.39, 0.29) is 30.1 Å². The summed E-state index contributed by atoms with van der Waals surface area (Å²) < 4.78 is 35.3. The second-order valence-corrected chi connectivity index (χ2v) is 9.27. The lowest BCUT2D eigenvalue weighted by Crippen LogP contribution is -2.18. The van der Waals surface area contributed by atoms with Gasteiger partial charge in [0.1, 0.15) is 17.7 Å². The summed E-state index contributed by atoms with van der Waals surface area (Å²) in [5, 5.41) is 10.8. The van der Waals surface area contributed by atoms with Crippen molar-refractivity contribution >= 4 is 30.7 Å². The Kier molecular flexibility index (Phi) is 8.03. The van der Waals surface area contributed by atoms with Crippen LogP contribution in [0.5, 0.6) is 0 Å². The van der Waals surface area contributed by atoms with E-state index in [0.29, 0.717) is 11.3 Å². The molecule has 1 heterocycles. The van der Waals surface area contributed by atoms with Crippen LogP contribution in [-0.4, -0.2) is 35.4 Å². The van der Waals surface area contributed by atoms with Gasteiger partial charge in [-0.3, -0.25) is 9.78 Å². The lowest BCUT2D eigenvalue weighted by molar-refractivity contribution is -0.138. The summed E-state index contributed by atoms with van der Waals surface area (Å²) in [4.78, 5) is 17.3. The maximum atomic E-state index is 13.6. The van der Waals surface area contributed by atoms with Gasteiger partial charge in [0.05, 0.1) is 24.7 Å². The fourth-order valence-electron chi connectivity index (χ4n) is 3.58. The zero-order valence-corrected chi connectivity index (χ0v) is 19.6. The standard InChI is InChI=1S/C25H26FNO5P/c1-15(2)25-23(16(3)32-22(29)13-19(28)14-33(30)31-4)24(17-9-11-18(26)12-10-17)20-7-5-6-8-21(20)27-25/h5-12,15,19,28H,3,13-14H2,1-2,4H3/q+1. The average molecular weight is 470 g/mol. The van der Waals surface area contributed by atoms with Crippen LogP contribution in [0.25, 0.3) is 27.8 Å². The molecule has 2 atom stereocenters. The Morgan fingerprint density at radius 2 is 1.85 bits per heavy atom. The van der Waals surface area contributed by atoms with Crippen LogP contribution in [0.4, 0.5) is 4.39 Å². The molecule has 172 valence electrons. The van der Waals surface area contributed by atoms with Gasteiger partial charge >= 0.3 is 14.0 Å². The molecule has 2 unspecified atom stereocenters. The number of para-hydroxylation sites is 1. The Balaban J connectivity index is 2.06. The van der Waals surface area contributed by atoms with Crippen LogP contribution in [0.3, 0.4) is 0 Å². The molecule has 6 nitrogen and oxygen atoms in total. The van der Waals surface area contributed by atoms with Crippen molar-refractivity contribution in [1.82, 2.24) is 4.98 Å². The maximum Gasteiger partial charge on any atom is 0.510 e. The second-order valence-electron chi connectivity index (χ2n) is 7.88. The lowest BCUT2D eigenvalue weighted by Gasteiger charge is -2.21. The zero-order valence-electron chi connectivity index (χ0n) is 18.7. The number of aliphatic hydroxyl groups is 1. The van der Waals surface area contributed by atoms with Crippen molar-refractivity contribution in [1.29, 1.82) is 0 Å². The average Bonchev–Trinajstić information content (AvgIpc) is 2.77. The SMILES string of the molecule is C=C(OC(=O)CC(O)C[P+](=O)OC)c1c(C(C)C)nc2ccccc2c1-c1ccc(F)cc1. The molecule has 0 bridgehead atoms. The third-order valence-corrected chi connectivity index (χ3v) is 6.21. The van der Waals surface area contributed by atoms with Gasteiger partial charge in [-0.05, 0) is 34.2 Å². The number of ether oxygens (including phenoxy) is 1. The normalized spacial score (nSPS) is 12.6. The first-order chi connectivity index (χ1) is 15.7.